The van der Waals surface area contributed by atoms with E-state index in [0.717, 1.165) is 0 Å². The van der Waals surface area contributed by atoms with E-state index < -0.39 is 24.0 Å². The molecule has 0 spiro atoms. The maximum absolute atomic E-state index is 13.1. The molecule has 3 atom stereocenters. The summed E-state index contributed by atoms with van der Waals surface area (Å²) < 4.78 is 26.2. The molecule has 6 heteroatoms. The van der Waals surface area contributed by atoms with Crippen molar-refractivity contribution in [2.75, 3.05) is 0 Å². The molecule has 0 heterocycles. The Bertz CT molecular complexity index is 273. The third-order valence-corrected chi connectivity index (χ3v) is 3.41. The third-order valence-electron chi connectivity index (χ3n) is 3.41. The van der Waals surface area contributed by atoms with Crippen LogP contribution >= 0.6 is 0 Å². The van der Waals surface area contributed by atoms with Gasteiger partial charge in [-0.15, -0.1) is 0 Å². The molecule has 1 aliphatic carbocycles. The maximum Gasteiger partial charge on any atom is 0.303 e. The molecule has 0 bridgehead atoms. The zero-order valence-corrected chi connectivity index (χ0v) is 9.61. The molecule has 100 valence electrons. The molecule has 0 saturated heterocycles. The highest BCUT2D eigenvalue weighted by Crippen LogP contribution is 2.37. The predicted molar refractivity (Wildman–Crippen MR) is 57.8 cm³/mol. The van der Waals surface area contributed by atoms with Crippen molar-refractivity contribution in [1.29, 1.82) is 0 Å². The molecule has 1 saturated carbocycles. The van der Waals surface area contributed by atoms with E-state index in [9.17, 15) is 18.7 Å². The molecule has 4 nitrogen and oxygen atoms in total. The monoisotopic (exact) mass is 251 g/mol. The average Bonchev–Trinajstić information content (AvgIpc) is 2.24. The number of halogens is 2. The summed E-state index contributed by atoms with van der Waals surface area (Å²) in [5.41, 5.74) is 5.59. The van der Waals surface area contributed by atoms with Crippen molar-refractivity contribution < 1.29 is 23.8 Å². The summed E-state index contributed by atoms with van der Waals surface area (Å²) in [4.78, 5) is 10.3. The molecule has 1 rings (SSSR count). The largest absolute Gasteiger partial charge is 0.481 e. The van der Waals surface area contributed by atoms with Crippen LogP contribution in [0.2, 0.25) is 0 Å². The Morgan fingerprint density at radius 3 is 2.65 bits per heavy atom. The third kappa shape index (κ3) is 3.89. The van der Waals surface area contributed by atoms with Gasteiger partial charge in [-0.05, 0) is 25.2 Å². The van der Waals surface area contributed by atoms with Crippen molar-refractivity contribution in [3.8, 4) is 0 Å². The summed E-state index contributed by atoms with van der Waals surface area (Å²) in [5.74, 6) is -4.08. The van der Waals surface area contributed by atoms with Crippen molar-refractivity contribution in [2.24, 2.45) is 11.7 Å². The Balaban J connectivity index is 2.33. The van der Waals surface area contributed by atoms with Gasteiger partial charge in [-0.1, -0.05) is 6.42 Å². The quantitative estimate of drug-likeness (QED) is 0.644. The molecular formula is C11H19F2NO3. The fourth-order valence-electron chi connectivity index (χ4n) is 2.28. The lowest BCUT2D eigenvalue weighted by Gasteiger charge is -2.38. The van der Waals surface area contributed by atoms with E-state index in [2.05, 4.69) is 0 Å². The van der Waals surface area contributed by atoms with Gasteiger partial charge in [0, 0.05) is 18.9 Å². The topological polar surface area (TPSA) is 83.6 Å². The van der Waals surface area contributed by atoms with E-state index >= 15 is 0 Å². The van der Waals surface area contributed by atoms with Crippen molar-refractivity contribution in [3.05, 3.63) is 0 Å². The number of nitrogens with two attached hydrogens (primary N) is 1. The molecule has 0 aromatic heterocycles. The molecule has 1 unspecified atom stereocenters. The summed E-state index contributed by atoms with van der Waals surface area (Å²) >= 11 is 0. The number of aliphatic carboxylic acids is 1. The van der Waals surface area contributed by atoms with Gasteiger partial charge in [0.1, 0.15) is 6.10 Å². The second kappa shape index (κ2) is 5.73. The van der Waals surface area contributed by atoms with Crippen LogP contribution in [0, 0.1) is 5.92 Å². The number of carboxylic acid groups (broad SMARTS) is 1. The number of aliphatic hydroxyl groups is 1. The Labute approximate surface area is 98.8 Å². The molecule has 0 aliphatic heterocycles. The summed E-state index contributed by atoms with van der Waals surface area (Å²) in [6, 6.07) is -0.913. The van der Waals surface area contributed by atoms with Gasteiger partial charge in [-0.2, -0.15) is 0 Å². The Morgan fingerprint density at radius 2 is 2.06 bits per heavy atom. The highest BCUT2D eigenvalue weighted by Gasteiger charge is 2.48. The number of hydrogen-bond acceptors (Lipinski definition) is 3. The van der Waals surface area contributed by atoms with Gasteiger partial charge in [0.25, 0.3) is 5.92 Å². The van der Waals surface area contributed by atoms with Crippen LogP contribution < -0.4 is 5.73 Å². The molecule has 0 amide bonds. The maximum atomic E-state index is 13.1. The van der Waals surface area contributed by atoms with E-state index in [-0.39, 0.29) is 25.2 Å². The fraction of sp³-hybridized carbons (Fsp3) is 0.909. The number of carboxylic acids is 1. The molecule has 1 aliphatic rings. The van der Waals surface area contributed by atoms with Crippen LogP contribution in [0.15, 0.2) is 0 Å². The molecule has 4 N–H and O–H groups in total. The second-order valence-corrected chi connectivity index (χ2v) is 4.72. The number of carbonyl (C=O) groups is 1. The number of aliphatic hydroxyl groups excluding tert-OH is 1. The molecule has 0 aromatic carbocycles. The Morgan fingerprint density at radius 1 is 1.41 bits per heavy atom. The van der Waals surface area contributed by atoms with Gasteiger partial charge in [0.15, 0.2) is 0 Å². The zero-order chi connectivity index (χ0) is 13.1. The van der Waals surface area contributed by atoms with Gasteiger partial charge in [-0.25, -0.2) is 8.78 Å². The first kappa shape index (κ1) is 14.3. The highest BCUT2D eigenvalue weighted by atomic mass is 19.3. The Kier molecular flexibility index (Phi) is 4.82. The SMILES string of the molecule is N[C@H]1C(CCCCC(=O)O)CCC(F)(F)[C@H]1O. The summed E-state index contributed by atoms with van der Waals surface area (Å²) in [5, 5.41) is 17.8. The summed E-state index contributed by atoms with van der Waals surface area (Å²) in [7, 11) is 0. The van der Waals surface area contributed by atoms with E-state index in [0.29, 0.717) is 19.3 Å². The van der Waals surface area contributed by atoms with E-state index in [4.69, 9.17) is 10.8 Å². The van der Waals surface area contributed by atoms with E-state index in [1.165, 1.54) is 0 Å². The fourth-order valence-corrected chi connectivity index (χ4v) is 2.28. The van der Waals surface area contributed by atoms with Crippen LogP contribution in [0.4, 0.5) is 8.78 Å². The van der Waals surface area contributed by atoms with E-state index in [1.807, 2.05) is 0 Å². The van der Waals surface area contributed by atoms with Crippen molar-refractivity contribution >= 4 is 5.97 Å². The van der Waals surface area contributed by atoms with Gasteiger partial charge in [0.05, 0.1) is 0 Å². The van der Waals surface area contributed by atoms with Gasteiger partial charge < -0.3 is 15.9 Å². The van der Waals surface area contributed by atoms with Crippen molar-refractivity contribution in [1.82, 2.24) is 0 Å². The first-order valence-electron chi connectivity index (χ1n) is 5.88. The van der Waals surface area contributed by atoms with Crippen LogP contribution in [0.25, 0.3) is 0 Å². The Hall–Kier alpha value is -0.750. The van der Waals surface area contributed by atoms with Crippen LogP contribution in [-0.4, -0.2) is 34.3 Å². The lowest BCUT2D eigenvalue weighted by molar-refractivity contribution is -0.151. The van der Waals surface area contributed by atoms with Crippen molar-refractivity contribution in [3.63, 3.8) is 0 Å². The number of alkyl halides is 2. The van der Waals surface area contributed by atoms with Crippen LogP contribution in [0.5, 0.6) is 0 Å². The molecule has 0 aromatic rings. The standard InChI is InChI=1S/C11H19F2NO3/c12-11(13)6-5-7(9(14)10(11)17)3-1-2-4-8(15)16/h7,9-10,17H,1-6,14H2,(H,15,16)/t7?,9-,10-/m0/s1. The average molecular weight is 251 g/mol. The minimum Gasteiger partial charge on any atom is -0.481 e. The molecule has 0 radical (unpaired) electrons. The number of hydrogen-bond donors (Lipinski definition) is 3. The predicted octanol–water partition coefficient (Wildman–Crippen LogP) is 1.36. The number of unbranched alkanes of at least 4 members (excludes halogenated alkanes) is 1. The van der Waals surface area contributed by atoms with Crippen LogP contribution in [-0.2, 0) is 4.79 Å². The second-order valence-electron chi connectivity index (χ2n) is 4.72. The smallest absolute Gasteiger partial charge is 0.303 e. The van der Waals surface area contributed by atoms with Crippen LogP contribution in [0.1, 0.15) is 38.5 Å². The first-order valence-corrected chi connectivity index (χ1v) is 5.88. The van der Waals surface area contributed by atoms with Crippen molar-refractivity contribution in [2.45, 2.75) is 56.6 Å². The lowest BCUT2D eigenvalue weighted by atomic mass is 9.78. The molecule has 17 heavy (non-hydrogen) atoms. The van der Waals surface area contributed by atoms with Gasteiger partial charge in [-0.3, -0.25) is 4.79 Å². The minimum absolute atomic E-state index is 0.0840. The molecule has 1 fully saturated rings. The molecular weight excluding hydrogens is 232 g/mol. The minimum atomic E-state index is -3.09. The normalized spacial score (nSPS) is 32.4. The summed E-state index contributed by atoms with van der Waals surface area (Å²) in [6.07, 6.45) is 0.0146. The summed E-state index contributed by atoms with van der Waals surface area (Å²) in [6.45, 7) is 0. The zero-order valence-electron chi connectivity index (χ0n) is 9.61. The van der Waals surface area contributed by atoms with E-state index in [1.54, 1.807) is 0 Å². The van der Waals surface area contributed by atoms with Crippen LogP contribution in [0.3, 0.4) is 0 Å². The highest BCUT2D eigenvalue weighted by molar-refractivity contribution is 5.66. The lowest BCUT2D eigenvalue weighted by Crippen LogP contribution is -2.54. The number of rotatable bonds is 5. The van der Waals surface area contributed by atoms with Gasteiger partial charge >= 0.3 is 5.97 Å². The van der Waals surface area contributed by atoms with Gasteiger partial charge in [0.2, 0.25) is 0 Å². The first-order chi connectivity index (χ1) is 7.84.